The second kappa shape index (κ2) is 9.53. The van der Waals surface area contributed by atoms with Gasteiger partial charge in [0, 0.05) is 25.6 Å². The van der Waals surface area contributed by atoms with Gasteiger partial charge in [0.25, 0.3) is 0 Å². The fraction of sp³-hybridized carbons (Fsp3) is 0.571. The zero-order chi connectivity index (χ0) is 20.0. The van der Waals surface area contributed by atoms with Crippen molar-refractivity contribution in [3.8, 4) is 0 Å². The van der Waals surface area contributed by atoms with Gasteiger partial charge in [-0.3, -0.25) is 14.4 Å². The molecule has 1 heterocycles. The van der Waals surface area contributed by atoms with E-state index in [0.29, 0.717) is 19.6 Å². The summed E-state index contributed by atoms with van der Waals surface area (Å²) in [6, 6.07) is 7.82. The van der Waals surface area contributed by atoms with E-state index in [4.69, 9.17) is 4.74 Å². The van der Waals surface area contributed by atoms with Gasteiger partial charge in [0.1, 0.15) is 6.54 Å². The lowest BCUT2D eigenvalue weighted by Crippen LogP contribution is -2.48. The maximum atomic E-state index is 13.2. The van der Waals surface area contributed by atoms with Crippen LogP contribution in [0.1, 0.15) is 37.8 Å². The Morgan fingerprint density at radius 1 is 1.26 bits per heavy atom. The van der Waals surface area contributed by atoms with Crippen LogP contribution in [0.4, 0.5) is 0 Å². The van der Waals surface area contributed by atoms with Crippen molar-refractivity contribution in [3.05, 3.63) is 35.4 Å². The van der Waals surface area contributed by atoms with Gasteiger partial charge in [-0.2, -0.15) is 0 Å². The number of methoxy groups -OCH3 is 1. The van der Waals surface area contributed by atoms with E-state index in [2.05, 4.69) is 0 Å². The number of likely N-dealkylation sites (tertiary alicyclic amines) is 1. The first kappa shape index (κ1) is 20.9. The van der Waals surface area contributed by atoms with Gasteiger partial charge in [0.2, 0.25) is 11.8 Å². The van der Waals surface area contributed by atoms with Crippen molar-refractivity contribution >= 4 is 17.8 Å². The van der Waals surface area contributed by atoms with Crippen LogP contribution in [0.3, 0.4) is 0 Å². The lowest BCUT2D eigenvalue weighted by molar-refractivity contribution is -0.151. The Morgan fingerprint density at radius 2 is 1.96 bits per heavy atom. The summed E-state index contributed by atoms with van der Waals surface area (Å²) < 4.78 is 4.78. The third-order valence-corrected chi connectivity index (χ3v) is 5.06. The van der Waals surface area contributed by atoms with Crippen molar-refractivity contribution < 1.29 is 19.1 Å². The molecule has 1 aliphatic rings. The van der Waals surface area contributed by atoms with Crippen molar-refractivity contribution in [2.45, 2.75) is 40.2 Å². The number of benzene rings is 1. The number of esters is 1. The maximum absolute atomic E-state index is 13.2. The molecule has 0 aliphatic carbocycles. The van der Waals surface area contributed by atoms with Gasteiger partial charge in [0.05, 0.1) is 13.0 Å². The molecule has 0 N–H and O–H groups in total. The largest absolute Gasteiger partial charge is 0.468 e. The second-order valence-corrected chi connectivity index (χ2v) is 7.48. The number of nitrogens with zero attached hydrogens (tertiary/aromatic N) is 2. The summed E-state index contributed by atoms with van der Waals surface area (Å²) in [6.07, 6.45) is 1.53. The number of aryl methyl sites for hydroxylation is 1. The van der Waals surface area contributed by atoms with Crippen LogP contribution in [-0.2, 0) is 25.7 Å². The van der Waals surface area contributed by atoms with E-state index < -0.39 is 5.97 Å². The van der Waals surface area contributed by atoms with Gasteiger partial charge < -0.3 is 14.5 Å². The molecule has 1 aliphatic heterocycles. The number of hydrogen-bond donors (Lipinski definition) is 0. The molecule has 1 atom stereocenters. The molecule has 1 aromatic rings. The highest BCUT2D eigenvalue weighted by Gasteiger charge is 2.32. The van der Waals surface area contributed by atoms with Crippen LogP contribution in [0.15, 0.2) is 24.3 Å². The molecule has 148 valence electrons. The molecule has 6 heteroatoms. The number of rotatable bonds is 6. The number of hydrogen-bond acceptors (Lipinski definition) is 4. The molecular formula is C21H30N2O4. The zero-order valence-electron chi connectivity index (χ0n) is 16.7. The number of piperidine rings is 1. The summed E-state index contributed by atoms with van der Waals surface area (Å²) >= 11 is 0. The first-order valence-electron chi connectivity index (χ1n) is 9.52. The van der Waals surface area contributed by atoms with Crippen molar-refractivity contribution in [1.29, 1.82) is 0 Å². The molecule has 2 rings (SSSR count). The number of amides is 2. The van der Waals surface area contributed by atoms with Crippen LogP contribution < -0.4 is 0 Å². The third-order valence-electron chi connectivity index (χ3n) is 5.06. The van der Waals surface area contributed by atoms with Crippen LogP contribution in [0.5, 0.6) is 0 Å². The van der Waals surface area contributed by atoms with E-state index in [-0.39, 0.29) is 30.2 Å². The van der Waals surface area contributed by atoms with Gasteiger partial charge in [0.15, 0.2) is 0 Å². The van der Waals surface area contributed by atoms with Crippen LogP contribution in [0.2, 0.25) is 0 Å². The standard InChI is InChI=1S/C21H30N2O4/c1-15(2)20(25)22-11-7-10-18(13-22)21(26)23(14-19(24)27-4)12-17-9-6-5-8-16(17)3/h5-6,8-9,15,18H,7,10-14H2,1-4H3. The van der Waals surface area contributed by atoms with Gasteiger partial charge in [-0.15, -0.1) is 0 Å². The van der Waals surface area contributed by atoms with E-state index in [1.54, 1.807) is 9.80 Å². The summed E-state index contributed by atoms with van der Waals surface area (Å²) in [4.78, 5) is 40.7. The lowest BCUT2D eigenvalue weighted by atomic mass is 9.95. The summed E-state index contributed by atoms with van der Waals surface area (Å²) in [5.74, 6) is -0.828. The van der Waals surface area contributed by atoms with Crippen LogP contribution in [0.25, 0.3) is 0 Å². The molecule has 1 fully saturated rings. The highest BCUT2D eigenvalue weighted by molar-refractivity contribution is 5.85. The number of carbonyl (C=O) groups excluding carboxylic acids is 3. The highest BCUT2D eigenvalue weighted by atomic mass is 16.5. The number of carbonyl (C=O) groups is 3. The van der Waals surface area contributed by atoms with E-state index in [1.165, 1.54) is 7.11 Å². The molecule has 2 amide bonds. The fourth-order valence-electron chi connectivity index (χ4n) is 3.43. The topological polar surface area (TPSA) is 66.9 Å². The molecule has 0 radical (unpaired) electrons. The average Bonchev–Trinajstić information content (AvgIpc) is 2.67. The Kier molecular flexibility index (Phi) is 7.39. The third kappa shape index (κ3) is 5.55. The molecule has 1 saturated heterocycles. The molecular weight excluding hydrogens is 344 g/mol. The first-order chi connectivity index (χ1) is 12.8. The summed E-state index contributed by atoms with van der Waals surface area (Å²) in [6.45, 7) is 7.11. The predicted molar refractivity (Wildman–Crippen MR) is 103 cm³/mol. The lowest BCUT2D eigenvalue weighted by Gasteiger charge is -2.35. The Morgan fingerprint density at radius 3 is 2.59 bits per heavy atom. The van der Waals surface area contributed by atoms with Gasteiger partial charge in [-0.1, -0.05) is 38.1 Å². The number of ether oxygens (including phenoxy) is 1. The molecule has 0 spiro atoms. The Hall–Kier alpha value is -2.37. The zero-order valence-corrected chi connectivity index (χ0v) is 16.7. The summed E-state index contributed by atoms with van der Waals surface area (Å²) in [5.41, 5.74) is 2.07. The smallest absolute Gasteiger partial charge is 0.325 e. The summed E-state index contributed by atoms with van der Waals surface area (Å²) in [7, 11) is 1.32. The maximum Gasteiger partial charge on any atom is 0.325 e. The van der Waals surface area contributed by atoms with Crippen molar-refractivity contribution in [2.75, 3.05) is 26.7 Å². The first-order valence-corrected chi connectivity index (χ1v) is 9.52. The minimum Gasteiger partial charge on any atom is -0.468 e. The van der Waals surface area contributed by atoms with E-state index >= 15 is 0 Å². The Labute approximate surface area is 161 Å². The fourth-order valence-corrected chi connectivity index (χ4v) is 3.43. The highest BCUT2D eigenvalue weighted by Crippen LogP contribution is 2.22. The SMILES string of the molecule is COC(=O)CN(Cc1ccccc1C)C(=O)C1CCCN(C(=O)C(C)C)C1. The average molecular weight is 374 g/mol. The Balaban J connectivity index is 2.16. The minimum absolute atomic E-state index is 0.0749. The van der Waals surface area contributed by atoms with Crippen LogP contribution in [-0.4, -0.2) is 54.3 Å². The summed E-state index contributed by atoms with van der Waals surface area (Å²) in [5, 5.41) is 0. The molecule has 27 heavy (non-hydrogen) atoms. The van der Waals surface area contributed by atoms with Crippen molar-refractivity contribution in [2.24, 2.45) is 11.8 Å². The van der Waals surface area contributed by atoms with Gasteiger partial charge in [-0.05, 0) is 30.9 Å². The van der Waals surface area contributed by atoms with Gasteiger partial charge in [-0.25, -0.2) is 0 Å². The predicted octanol–water partition coefficient (Wildman–Crippen LogP) is 2.39. The molecule has 1 aromatic carbocycles. The van der Waals surface area contributed by atoms with Crippen molar-refractivity contribution in [1.82, 2.24) is 9.80 Å². The quantitative estimate of drug-likeness (QED) is 0.717. The van der Waals surface area contributed by atoms with E-state index in [0.717, 1.165) is 24.0 Å². The van der Waals surface area contributed by atoms with E-state index in [1.807, 2.05) is 45.0 Å². The molecule has 1 unspecified atom stereocenters. The molecule has 6 nitrogen and oxygen atoms in total. The molecule has 0 aromatic heterocycles. The van der Waals surface area contributed by atoms with E-state index in [9.17, 15) is 14.4 Å². The van der Waals surface area contributed by atoms with Crippen LogP contribution in [0, 0.1) is 18.8 Å². The second-order valence-electron chi connectivity index (χ2n) is 7.48. The normalized spacial score (nSPS) is 16.9. The molecule has 0 saturated carbocycles. The van der Waals surface area contributed by atoms with Crippen LogP contribution >= 0.6 is 0 Å². The minimum atomic E-state index is -0.442. The Bertz CT molecular complexity index is 687. The van der Waals surface area contributed by atoms with Gasteiger partial charge >= 0.3 is 5.97 Å². The monoisotopic (exact) mass is 374 g/mol. The van der Waals surface area contributed by atoms with Crippen molar-refractivity contribution in [3.63, 3.8) is 0 Å². The molecule has 0 bridgehead atoms.